The third-order valence-electron chi connectivity index (χ3n) is 4.22. The summed E-state index contributed by atoms with van der Waals surface area (Å²) in [6.45, 7) is 2.65. The van der Waals surface area contributed by atoms with Gasteiger partial charge in [-0.2, -0.15) is 0 Å². The summed E-state index contributed by atoms with van der Waals surface area (Å²) in [5.74, 6) is 0.957. The second-order valence-corrected chi connectivity index (χ2v) is 5.54. The van der Waals surface area contributed by atoms with E-state index < -0.39 is 0 Å². The first-order valence-electron chi connectivity index (χ1n) is 7.38. The van der Waals surface area contributed by atoms with Gasteiger partial charge in [0.2, 0.25) is 5.91 Å². The van der Waals surface area contributed by atoms with E-state index in [0.29, 0.717) is 6.54 Å². The number of nitrogens with zero attached hydrogens (tertiary/aromatic N) is 2. The number of para-hydroxylation sites is 2. The van der Waals surface area contributed by atoms with Crippen molar-refractivity contribution in [3.05, 3.63) is 54.1 Å². The Morgan fingerprint density at radius 1 is 1.05 bits per heavy atom. The van der Waals surface area contributed by atoms with E-state index in [1.54, 1.807) is 12.0 Å². The summed E-state index contributed by atoms with van der Waals surface area (Å²) in [4.78, 5) is 16.3. The predicted octanol–water partition coefficient (Wildman–Crippen LogP) is 3.07. The van der Waals surface area contributed by atoms with E-state index >= 15 is 0 Å². The zero-order chi connectivity index (χ0) is 15.7. The minimum Gasteiger partial charge on any atom is -0.497 e. The van der Waals surface area contributed by atoms with Crippen LogP contribution in [-0.2, 0) is 11.3 Å². The summed E-state index contributed by atoms with van der Waals surface area (Å²) in [7, 11) is 3.49. The van der Waals surface area contributed by atoms with Crippen molar-refractivity contribution in [3.8, 4) is 5.75 Å². The van der Waals surface area contributed by atoms with Crippen LogP contribution in [0.1, 0.15) is 12.5 Å². The van der Waals surface area contributed by atoms with Crippen molar-refractivity contribution < 1.29 is 9.53 Å². The van der Waals surface area contributed by atoms with Crippen molar-refractivity contribution in [2.75, 3.05) is 24.0 Å². The number of carbonyl (C=O) groups excluding carboxylic acids is 1. The van der Waals surface area contributed by atoms with Gasteiger partial charge in [-0.25, -0.2) is 0 Å². The van der Waals surface area contributed by atoms with Crippen LogP contribution in [0.2, 0.25) is 0 Å². The van der Waals surface area contributed by atoms with Crippen molar-refractivity contribution in [1.82, 2.24) is 0 Å². The Labute approximate surface area is 130 Å². The van der Waals surface area contributed by atoms with Crippen LogP contribution in [0, 0.1) is 0 Å². The Morgan fingerprint density at radius 2 is 1.68 bits per heavy atom. The molecule has 0 saturated carbocycles. The van der Waals surface area contributed by atoms with Crippen LogP contribution in [0.15, 0.2) is 48.5 Å². The Kier molecular flexibility index (Phi) is 3.75. The smallest absolute Gasteiger partial charge is 0.249 e. The molecule has 3 rings (SSSR count). The minimum absolute atomic E-state index is 0.118. The van der Waals surface area contributed by atoms with Crippen LogP contribution in [-0.4, -0.2) is 26.1 Å². The van der Waals surface area contributed by atoms with Gasteiger partial charge in [0.1, 0.15) is 11.8 Å². The summed E-state index contributed by atoms with van der Waals surface area (Å²) in [5, 5.41) is 0. The van der Waals surface area contributed by atoms with Crippen LogP contribution in [0.4, 0.5) is 11.4 Å². The number of amides is 1. The molecule has 1 atom stereocenters. The van der Waals surface area contributed by atoms with Gasteiger partial charge < -0.3 is 14.5 Å². The predicted molar refractivity (Wildman–Crippen MR) is 88.5 cm³/mol. The van der Waals surface area contributed by atoms with E-state index in [-0.39, 0.29) is 11.9 Å². The average Bonchev–Trinajstić information content (AvgIpc) is 2.57. The summed E-state index contributed by atoms with van der Waals surface area (Å²) in [5.41, 5.74) is 3.20. The Morgan fingerprint density at radius 3 is 2.32 bits per heavy atom. The largest absolute Gasteiger partial charge is 0.497 e. The molecule has 1 amide bonds. The maximum Gasteiger partial charge on any atom is 0.249 e. The monoisotopic (exact) mass is 296 g/mol. The molecule has 0 spiro atoms. The number of hydrogen-bond donors (Lipinski definition) is 0. The summed E-state index contributed by atoms with van der Waals surface area (Å²) >= 11 is 0. The lowest BCUT2D eigenvalue weighted by Crippen LogP contribution is -2.50. The number of fused-ring (bicyclic) bond motifs is 1. The number of anilines is 2. The van der Waals surface area contributed by atoms with Crippen molar-refractivity contribution in [3.63, 3.8) is 0 Å². The molecule has 0 aliphatic carbocycles. The molecule has 0 radical (unpaired) electrons. The maximum absolute atomic E-state index is 12.5. The molecule has 0 fully saturated rings. The zero-order valence-corrected chi connectivity index (χ0v) is 13.1. The standard InChI is InChI=1S/C18H20N2O2/c1-13-18(21)19(2)16-6-4-5-7-17(16)20(13)12-14-8-10-15(22-3)11-9-14/h4-11,13H,12H2,1-3H3/t13-/m1/s1. The number of rotatable bonds is 3. The molecule has 0 saturated heterocycles. The summed E-state index contributed by atoms with van der Waals surface area (Å²) in [6, 6.07) is 15.8. The van der Waals surface area contributed by atoms with Gasteiger partial charge in [0.05, 0.1) is 18.5 Å². The molecule has 22 heavy (non-hydrogen) atoms. The Bertz CT molecular complexity index is 682. The normalized spacial score (nSPS) is 17.4. The van der Waals surface area contributed by atoms with Crippen LogP contribution in [0.5, 0.6) is 5.75 Å². The van der Waals surface area contributed by atoms with Crippen molar-refractivity contribution in [2.24, 2.45) is 0 Å². The molecule has 0 N–H and O–H groups in total. The average molecular weight is 296 g/mol. The molecule has 4 heteroatoms. The number of hydrogen-bond acceptors (Lipinski definition) is 3. The Hall–Kier alpha value is -2.49. The van der Waals surface area contributed by atoms with Gasteiger partial charge in [0, 0.05) is 13.6 Å². The van der Waals surface area contributed by atoms with Crippen molar-refractivity contribution in [1.29, 1.82) is 0 Å². The lowest BCUT2D eigenvalue weighted by molar-refractivity contribution is -0.119. The molecule has 0 aromatic heterocycles. The van der Waals surface area contributed by atoms with E-state index in [2.05, 4.69) is 11.0 Å². The molecular weight excluding hydrogens is 276 g/mol. The number of likely N-dealkylation sites (N-methyl/N-ethyl adjacent to an activating group) is 1. The molecule has 4 nitrogen and oxygen atoms in total. The van der Waals surface area contributed by atoms with Gasteiger partial charge in [-0.3, -0.25) is 4.79 Å². The lowest BCUT2D eigenvalue weighted by Gasteiger charge is -2.40. The minimum atomic E-state index is -0.179. The molecule has 1 heterocycles. The van der Waals surface area contributed by atoms with E-state index in [4.69, 9.17) is 4.74 Å². The Balaban J connectivity index is 1.94. The highest BCUT2D eigenvalue weighted by atomic mass is 16.5. The maximum atomic E-state index is 12.5. The van der Waals surface area contributed by atoms with Gasteiger partial charge in [-0.1, -0.05) is 24.3 Å². The molecule has 0 unspecified atom stereocenters. The van der Waals surface area contributed by atoms with E-state index in [1.807, 2.05) is 56.4 Å². The molecule has 114 valence electrons. The molecule has 2 aromatic rings. The fourth-order valence-electron chi connectivity index (χ4n) is 2.88. The highest BCUT2D eigenvalue weighted by molar-refractivity contribution is 6.04. The summed E-state index contributed by atoms with van der Waals surface area (Å²) < 4.78 is 5.19. The highest BCUT2D eigenvalue weighted by Gasteiger charge is 2.33. The van der Waals surface area contributed by atoms with Gasteiger partial charge >= 0.3 is 0 Å². The fourth-order valence-corrected chi connectivity index (χ4v) is 2.88. The third kappa shape index (κ3) is 2.41. The number of benzene rings is 2. The van der Waals surface area contributed by atoms with Crippen molar-refractivity contribution in [2.45, 2.75) is 19.5 Å². The molecular formula is C18H20N2O2. The van der Waals surface area contributed by atoms with E-state index in [0.717, 1.165) is 22.7 Å². The fraction of sp³-hybridized carbons (Fsp3) is 0.278. The quantitative estimate of drug-likeness (QED) is 0.872. The SMILES string of the molecule is COc1ccc(CN2c3ccccc3N(C)C(=O)[C@H]2C)cc1. The van der Waals surface area contributed by atoms with Gasteiger partial charge in [0.25, 0.3) is 0 Å². The molecule has 2 aromatic carbocycles. The molecule has 0 bridgehead atoms. The van der Waals surface area contributed by atoms with Crippen LogP contribution in [0.25, 0.3) is 0 Å². The third-order valence-corrected chi connectivity index (χ3v) is 4.22. The second-order valence-electron chi connectivity index (χ2n) is 5.54. The first kappa shape index (κ1) is 14.4. The van der Waals surface area contributed by atoms with Gasteiger partial charge in [-0.15, -0.1) is 0 Å². The lowest BCUT2D eigenvalue weighted by atomic mass is 10.1. The topological polar surface area (TPSA) is 32.8 Å². The second kappa shape index (κ2) is 5.72. The highest BCUT2D eigenvalue weighted by Crippen LogP contribution is 2.36. The number of carbonyl (C=O) groups is 1. The van der Waals surface area contributed by atoms with Crippen LogP contribution < -0.4 is 14.5 Å². The van der Waals surface area contributed by atoms with Crippen LogP contribution >= 0.6 is 0 Å². The first-order chi connectivity index (χ1) is 10.6. The van der Waals surface area contributed by atoms with E-state index in [1.165, 1.54) is 0 Å². The molecule has 1 aliphatic rings. The molecule has 1 aliphatic heterocycles. The van der Waals surface area contributed by atoms with Gasteiger partial charge in [0.15, 0.2) is 0 Å². The first-order valence-corrected chi connectivity index (χ1v) is 7.38. The summed E-state index contributed by atoms with van der Waals surface area (Å²) in [6.07, 6.45) is 0. The number of methoxy groups -OCH3 is 1. The zero-order valence-electron chi connectivity index (χ0n) is 13.1. The van der Waals surface area contributed by atoms with E-state index in [9.17, 15) is 4.79 Å². The van der Waals surface area contributed by atoms with Gasteiger partial charge in [-0.05, 0) is 36.8 Å². The van der Waals surface area contributed by atoms with Crippen LogP contribution in [0.3, 0.4) is 0 Å². The van der Waals surface area contributed by atoms with Crippen molar-refractivity contribution >= 4 is 17.3 Å². The number of ether oxygens (including phenoxy) is 1.